The molecule has 92 valence electrons. The van der Waals surface area contributed by atoms with E-state index in [1.807, 2.05) is 37.1 Å². The summed E-state index contributed by atoms with van der Waals surface area (Å²) in [4.78, 5) is 1.96. The van der Waals surface area contributed by atoms with Crippen molar-refractivity contribution in [3.8, 4) is 6.07 Å². The molecule has 1 rings (SSSR count). The Balaban J connectivity index is 2.64. The minimum Gasteiger partial charge on any atom is -0.398 e. The van der Waals surface area contributed by atoms with Gasteiger partial charge in [-0.3, -0.25) is 4.90 Å². The average Bonchev–Trinajstić information content (AvgIpc) is 2.29. The summed E-state index contributed by atoms with van der Waals surface area (Å²) >= 11 is 0. The van der Waals surface area contributed by atoms with Gasteiger partial charge in [-0.25, -0.2) is 0 Å². The second-order valence-electron chi connectivity index (χ2n) is 4.30. The topological polar surface area (TPSA) is 73.3 Å². The van der Waals surface area contributed by atoms with Crippen molar-refractivity contribution in [3.63, 3.8) is 0 Å². The SMILES string of the molecule is CC(CC#N)N(C)CC(O)c1ccccc1N. The van der Waals surface area contributed by atoms with Crippen molar-refractivity contribution in [1.82, 2.24) is 4.90 Å². The first-order valence-corrected chi connectivity index (χ1v) is 5.66. The van der Waals surface area contributed by atoms with Crippen LogP contribution in [0.25, 0.3) is 0 Å². The lowest BCUT2D eigenvalue weighted by Crippen LogP contribution is -2.32. The van der Waals surface area contributed by atoms with Crippen LogP contribution in [0.3, 0.4) is 0 Å². The highest BCUT2D eigenvalue weighted by Gasteiger charge is 2.16. The van der Waals surface area contributed by atoms with Crippen LogP contribution in [0.1, 0.15) is 25.0 Å². The Morgan fingerprint density at radius 1 is 1.47 bits per heavy atom. The molecule has 17 heavy (non-hydrogen) atoms. The fourth-order valence-corrected chi connectivity index (χ4v) is 1.65. The van der Waals surface area contributed by atoms with Crippen LogP contribution in [0, 0.1) is 11.3 Å². The number of hydrogen-bond acceptors (Lipinski definition) is 4. The van der Waals surface area contributed by atoms with Gasteiger partial charge >= 0.3 is 0 Å². The smallest absolute Gasteiger partial charge is 0.0936 e. The highest BCUT2D eigenvalue weighted by molar-refractivity contribution is 5.47. The number of anilines is 1. The summed E-state index contributed by atoms with van der Waals surface area (Å²) in [7, 11) is 1.89. The Kier molecular flexibility index (Phi) is 4.95. The first-order valence-electron chi connectivity index (χ1n) is 5.66. The van der Waals surface area contributed by atoms with Gasteiger partial charge in [0, 0.05) is 23.8 Å². The first-order chi connectivity index (χ1) is 8.06. The highest BCUT2D eigenvalue weighted by atomic mass is 16.3. The molecule has 0 bridgehead atoms. The third kappa shape index (κ3) is 3.74. The molecule has 3 N–H and O–H groups in total. The maximum atomic E-state index is 10.1. The Hall–Kier alpha value is -1.57. The average molecular weight is 233 g/mol. The van der Waals surface area contributed by atoms with E-state index in [0.29, 0.717) is 18.7 Å². The maximum Gasteiger partial charge on any atom is 0.0936 e. The number of hydrogen-bond donors (Lipinski definition) is 2. The van der Waals surface area contributed by atoms with E-state index in [9.17, 15) is 5.11 Å². The van der Waals surface area contributed by atoms with Gasteiger partial charge in [0.1, 0.15) is 0 Å². The molecule has 0 fully saturated rings. The Bertz CT molecular complexity index is 400. The predicted molar refractivity (Wildman–Crippen MR) is 68.1 cm³/mol. The molecule has 4 heteroatoms. The number of aliphatic hydroxyl groups is 1. The number of nitrogens with two attached hydrogens (primary N) is 1. The third-order valence-corrected chi connectivity index (χ3v) is 2.96. The van der Waals surface area contributed by atoms with E-state index in [1.165, 1.54) is 0 Å². The van der Waals surface area contributed by atoms with E-state index in [2.05, 4.69) is 6.07 Å². The van der Waals surface area contributed by atoms with Crippen molar-refractivity contribution < 1.29 is 5.11 Å². The molecule has 0 aliphatic heterocycles. The lowest BCUT2D eigenvalue weighted by molar-refractivity contribution is 0.110. The molecule has 4 nitrogen and oxygen atoms in total. The van der Waals surface area contributed by atoms with Gasteiger partial charge in [0.15, 0.2) is 0 Å². The lowest BCUT2D eigenvalue weighted by atomic mass is 10.1. The number of nitrogen functional groups attached to an aromatic ring is 1. The maximum absolute atomic E-state index is 10.1. The summed E-state index contributed by atoms with van der Waals surface area (Å²) < 4.78 is 0. The minimum atomic E-state index is -0.623. The summed E-state index contributed by atoms with van der Waals surface area (Å²) in [6.45, 7) is 2.43. The molecule has 0 saturated carbocycles. The molecule has 0 amide bonds. The molecule has 1 aromatic rings. The van der Waals surface area contributed by atoms with Gasteiger partial charge in [-0.2, -0.15) is 5.26 Å². The Morgan fingerprint density at radius 3 is 2.71 bits per heavy atom. The van der Waals surface area contributed by atoms with E-state index in [-0.39, 0.29) is 6.04 Å². The van der Waals surface area contributed by atoms with Crippen molar-refractivity contribution in [2.24, 2.45) is 0 Å². The molecule has 1 aromatic carbocycles. The van der Waals surface area contributed by atoms with Gasteiger partial charge in [0.2, 0.25) is 0 Å². The molecule has 2 atom stereocenters. The quantitative estimate of drug-likeness (QED) is 0.756. The van der Waals surface area contributed by atoms with Crippen LogP contribution in [0.4, 0.5) is 5.69 Å². The molecule has 0 spiro atoms. The molecule has 0 aliphatic carbocycles. The van der Waals surface area contributed by atoms with Crippen LogP contribution in [-0.2, 0) is 0 Å². The number of nitriles is 1. The fourth-order valence-electron chi connectivity index (χ4n) is 1.65. The van der Waals surface area contributed by atoms with Gasteiger partial charge in [0.25, 0.3) is 0 Å². The molecular formula is C13H19N3O. The zero-order valence-corrected chi connectivity index (χ0v) is 10.3. The summed E-state index contributed by atoms with van der Waals surface area (Å²) in [5.41, 5.74) is 7.14. The standard InChI is InChI=1S/C13H19N3O/c1-10(7-8-14)16(2)9-13(17)11-5-3-4-6-12(11)15/h3-6,10,13,17H,7,9,15H2,1-2H3. The molecule has 0 saturated heterocycles. The summed E-state index contributed by atoms with van der Waals surface area (Å²) in [6.07, 6.45) is -0.171. The molecule has 0 aliphatic rings. The van der Waals surface area contributed by atoms with Crippen LogP contribution >= 0.6 is 0 Å². The largest absolute Gasteiger partial charge is 0.398 e. The fraction of sp³-hybridized carbons (Fsp3) is 0.462. The number of aliphatic hydroxyl groups excluding tert-OH is 1. The van der Waals surface area contributed by atoms with Crippen molar-refractivity contribution in [2.75, 3.05) is 19.3 Å². The number of para-hydroxylation sites is 1. The number of likely N-dealkylation sites (N-methyl/N-ethyl adjacent to an activating group) is 1. The van der Waals surface area contributed by atoms with Crippen LogP contribution in [0.2, 0.25) is 0 Å². The predicted octanol–water partition coefficient (Wildman–Crippen LogP) is 1.54. The molecule has 0 heterocycles. The summed E-state index contributed by atoms with van der Waals surface area (Å²) in [6, 6.07) is 9.54. The lowest BCUT2D eigenvalue weighted by Gasteiger charge is -2.25. The van der Waals surface area contributed by atoms with E-state index in [1.54, 1.807) is 6.07 Å². The number of rotatable bonds is 5. The second-order valence-corrected chi connectivity index (χ2v) is 4.30. The normalized spacial score (nSPS) is 14.3. The van der Waals surface area contributed by atoms with Crippen molar-refractivity contribution in [3.05, 3.63) is 29.8 Å². The van der Waals surface area contributed by atoms with E-state index in [4.69, 9.17) is 11.0 Å². The third-order valence-electron chi connectivity index (χ3n) is 2.96. The van der Waals surface area contributed by atoms with E-state index in [0.717, 1.165) is 5.56 Å². The van der Waals surface area contributed by atoms with Crippen molar-refractivity contribution >= 4 is 5.69 Å². The first kappa shape index (κ1) is 13.5. The van der Waals surface area contributed by atoms with Crippen LogP contribution in [0.15, 0.2) is 24.3 Å². The van der Waals surface area contributed by atoms with Crippen LogP contribution < -0.4 is 5.73 Å². The highest BCUT2D eigenvalue weighted by Crippen LogP contribution is 2.21. The van der Waals surface area contributed by atoms with Gasteiger partial charge < -0.3 is 10.8 Å². The Labute approximate surface area is 102 Å². The molecular weight excluding hydrogens is 214 g/mol. The minimum absolute atomic E-state index is 0.125. The zero-order valence-electron chi connectivity index (χ0n) is 10.3. The van der Waals surface area contributed by atoms with Crippen molar-refractivity contribution in [2.45, 2.75) is 25.5 Å². The van der Waals surface area contributed by atoms with Crippen LogP contribution in [0.5, 0.6) is 0 Å². The monoisotopic (exact) mass is 233 g/mol. The van der Waals surface area contributed by atoms with Gasteiger partial charge in [-0.15, -0.1) is 0 Å². The zero-order chi connectivity index (χ0) is 12.8. The molecule has 0 aromatic heterocycles. The van der Waals surface area contributed by atoms with E-state index < -0.39 is 6.10 Å². The molecule has 2 unspecified atom stereocenters. The molecule has 0 radical (unpaired) electrons. The number of nitrogens with zero attached hydrogens (tertiary/aromatic N) is 2. The summed E-state index contributed by atoms with van der Waals surface area (Å²) in [5, 5.41) is 18.7. The second kappa shape index (κ2) is 6.24. The van der Waals surface area contributed by atoms with Crippen molar-refractivity contribution in [1.29, 1.82) is 5.26 Å². The van der Waals surface area contributed by atoms with Gasteiger partial charge in [0.05, 0.1) is 18.6 Å². The summed E-state index contributed by atoms with van der Waals surface area (Å²) in [5.74, 6) is 0. The van der Waals surface area contributed by atoms with E-state index >= 15 is 0 Å². The van der Waals surface area contributed by atoms with Gasteiger partial charge in [-0.05, 0) is 20.0 Å². The Morgan fingerprint density at radius 2 is 2.12 bits per heavy atom. The van der Waals surface area contributed by atoms with Gasteiger partial charge in [-0.1, -0.05) is 18.2 Å². The number of benzene rings is 1. The van der Waals surface area contributed by atoms with Crippen LogP contribution in [-0.4, -0.2) is 29.6 Å².